The highest BCUT2D eigenvalue weighted by atomic mass is 32.1. The molecule has 26 heavy (non-hydrogen) atoms. The molecule has 3 nitrogen and oxygen atoms in total. The van der Waals surface area contributed by atoms with Gasteiger partial charge in [0.25, 0.3) is 5.91 Å². The van der Waals surface area contributed by atoms with Crippen LogP contribution in [-0.4, -0.2) is 10.5 Å². The smallest absolute Gasteiger partial charge is 0.254 e. The summed E-state index contributed by atoms with van der Waals surface area (Å²) in [6.45, 7) is 3.17. The molecule has 0 aliphatic heterocycles. The molecule has 4 aliphatic rings. The summed E-state index contributed by atoms with van der Waals surface area (Å²) < 4.78 is 3.52. The van der Waals surface area contributed by atoms with Crippen molar-refractivity contribution in [2.45, 2.75) is 64.8 Å². The van der Waals surface area contributed by atoms with Crippen molar-refractivity contribution in [3.05, 3.63) is 29.1 Å². The summed E-state index contributed by atoms with van der Waals surface area (Å²) in [5.74, 6) is 2.55. The Morgan fingerprint density at radius 3 is 2.46 bits per heavy atom. The Kier molecular flexibility index (Phi) is 4.07. The number of carbonyl (C=O) groups is 1. The zero-order valence-electron chi connectivity index (χ0n) is 15.6. The number of amides is 1. The Balaban J connectivity index is 1.55. The van der Waals surface area contributed by atoms with Crippen LogP contribution in [0.5, 0.6) is 0 Å². The van der Waals surface area contributed by atoms with Crippen molar-refractivity contribution in [3.63, 3.8) is 0 Å². The highest BCUT2D eigenvalue weighted by Gasteiger charge is 2.54. The van der Waals surface area contributed by atoms with E-state index in [2.05, 4.69) is 35.8 Å². The van der Waals surface area contributed by atoms with Crippen molar-refractivity contribution in [2.75, 3.05) is 0 Å². The summed E-state index contributed by atoms with van der Waals surface area (Å²) in [4.78, 5) is 19.1. The number of aromatic nitrogens is 1. The van der Waals surface area contributed by atoms with Crippen molar-refractivity contribution in [1.29, 1.82) is 0 Å². The minimum atomic E-state index is -0.131. The molecule has 1 heterocycles. The van der Waals surface area contributed by atoms with Crippen LogP contribution < -0.4 is 4.80 Å². The first-order chi connectivity index (χ1) is 12.7. The van der Waals surface area contributed by atoms with Crippen LogP contribution in [-0.2, 0) is 11.3 Å². The summed E-state index contributed by atoms with van der Waals surface area (Å²) in [5, 5.41) is 0. The van der Waals surface area contributed by atoms with Gasteiger partial charge in [-0.2, -0.15) is 4.99 Å². The number of benzene rings is 1. The van der Waals surface area contributed by atoms with Gasteiger partial charge in [0.1, 0.15) is 0 Å². The maximum absolute atomic E-state index is 13.4. The lowest BCUT2D eigenvalue weighted by Crippen LogP contribution is -2.49. The number of thiazole rings is 1. The summed E-state index contributed by atoms with van der Waals surface area (Å²) in [7, 11) is 0. The zero-order valence-corrected chi connectivity index (χ0v) is 16.4. The fourth-order valence-electron chi connectivity index (χ4n) is 6.22. The number of nitrogens with zero attached hydrogens (tertiary/aromatic N) is 2. The van der Waals surface area contributed by atoms with Crippen molar-refractivity contribution in [1.82, 2.24) is 4.57 Å². The van der Waals surface area contributed by atoms with Gasteiger partial charge in [0, 0.05) is 6.54 Å². The van der Waals surface area contributed by atoms with E-state index < -0.39 is 0 Å². The SMILES string of the molecule is CCCCn1c(=NC(=O)C23CC4CC(CC(C4)C2)C3)sc2ccccc21. The number of aryl methyl sites for hydroxylation is 1. The van der Waals surface area contributed by atoms with Gasteiger partial charge in [0.15, 0.2) is 4.80 Å². The van der Waals surface area contributed by atoms with Crippen LogP contribution in [0.3, 0.4) is 0 Å². The number of rotatable bonds is 4. The van der Waals surface area contributed by atoms with Crippen LogP contribution in [0.15, 0.2) is 29.3 Å². The standard InChI is InChI=1S/C22H28N2OS/c1-2-3-8-24-18-6-4-5-7-19(18)26-21(24)23-20(25)22-12-15-9-16(13-22)11-17(10-15)14-22/h4-7,15-17H,2-3,8-14H2,1H3. The van der Waals surface area contributed by atoms with Gasteiger partial charge in [-0.1, -0.05) is 36.8 Å². The Morgan fingerprint density at radius 1 is 1.15 bits per heavy atom. The third-order valence-corrected chi connectivity index (χ3v) is 8.07. The van der Waals surface area contributed by atoms with Crippen LogP contribution in [0.25, 0.3) is 10.2 Å². The van der Waals surface area contributed by atoms with Gasteiger partial charge < -0.3 is 4.57 Å². The van der Waals surface area contributed by atoms with Crippen molar-refractivity contribution < 1.29 is 4.79 Å². The van der Waals surface area contributed by atoms with E-state index in [4.69, 9.17) is 4.99 Å². The molecule has 1 aromatic carbocycles. The molecule has 0 unspecified atom stereocenters. The molecule has 1 aromatic heterocycles. The molecule has 0 atom stereocenters. The molecule has 0 saturated heterocycles. The molecule has 4 saturated carbocycles. The number of hydrogen-bond donors (Lipinski definition) is 0. The first-order valence-corrected chi connectivity index (χ1v) is 11.2. The second-order valence-electron chi connectivity index (χ2n) is 8.97. The van der Waals surface area contributed by atoms with Crippen molar-refractivity contribution >= 4 is 27.5 Å². The molecule has 4 aliphatic carbocycles. The molecular formula is C22H28N2OS. The topological polar surface area (TPSA) is 34.4 Å². The molecule has 0 radical (unpaired) electrons. The second-order valence-corrected chi connectivity index (χ2v) is 9.98. The lowest BCUT2D eigenvalue weighted by molar-refractivity contribution is -0.142. The largest absolute Gasteiger partial charge is 0.316 e. The fraction of sp³-hybridized carbons (Fsp3) is 0.636. The minimum absolute atomic E-state index is 0.131. The Labute approximate surface area is 159 Å². The van der Waals surface area contributed by atoms with E-state index in [1.165, 1.54) is 29.5 Å². The highest BCUT2D eigenvalue weighted by molar-refractivity contribution is 7.16. The molecule has 4 heteroatoms. The predicted octanol–water partition coefficient (Wildman–Crippen LogP) is 5.15. The van der Waals surface area contributed by atoms with Gasteiger partial charge >= 0.3 is 0 Å². The summed E-state index contributed by atoms with van der Waals surface area (Å²) in [5.41, 5.74) is 1.09. The highest BCUT2D eigenvalue weighted by Crippen LogP contribution is 2.60. The van der Waals surface area contributed by atoms with Gasteiger partial charge in [0.05, 0.1) is 15.6 Å². The summed E-state index contributed by atoms with van der Waals surface area (Å²) >= 11 is 1.68. The molecule has 0 spiro atoms. The lowest BCUT2D eigenvalue weighted by Gasteiger charge is -2.55. The lowest BCUT2D eigenvalue weighted by atomic mass is 9.49. The Morgan fingerprint density at radius 2 is 1.81 bits per heavy atom. The number of fused-ring (bicyclic) bond motifs is 1. The third kappa shape index (κ3) is 2.69. The first kappa shape index (κ1) is 16.7. The Hall–Kier alpha value is -1.42. The first-order valence-electron chi connectivity index (χ1n) is 10.3. The average molecular weight is 369 g/mol. The van der Waals surface area contributed by atoms with Gasteiger partial charge in [-0.15, -0.1) is 0 Å². The number of unbranched alkanes of at least 4 members (excludes halogenated alkanes) is 1. The van der Waals surface area contributed by atoms with Crippen LogP contribution in [0, 0.1) is 23.2 Å². The van der Waals surface area contributed by atoms with E-state index in [1.807, 2.05) is 0 Å². The molecule has 0 N–H and O–H groups in total. The molecule has 4 fully saturated rings. The molecule has 6 rings (SSSR count). The van der Waals surface area contributed by atoms with Crippen LogP contribution in [0.1, 0.15) is 58.3 Å². The normalized spacial score (nSPS) is 33.3. The van der Waals surface area contributed by atoms with Crippen LogP contribution >= 0.6 is 11.3 Å². The van der Waals surface area contributed by atoms with E-state index in [-0.39, 0.29) is 11.3 Å². The summed E-state index contributed by atoms with van der Waals surface area (Å²) in [6.07, 6.45) is 9.67. The molecule has 4 bridgehead atoms. The van der Waals surface area contributed by atoms with Gasteiger partial charge in [-0.3, -0.25) is 4.79 Å². The van der Waals surface area contributed by atoms with E-state index in [0.29, 0.717) is 0 Å². The van der Waals surface area contributed by atoms with Gasteiger partial charge in [-0.25, -0.2) is 0 Å². The third-order valence-electron chi connectivity index (χ3n) is 7.01. The monoisotopic (exact) mass is 368 g/mol. The average Bonchev–Trinajstić information content (AvgIpc) is 2.96. The van der Waals surface area contributed by atoms with E-state index >= 15 is 0 Å². The zero-order chi connectivity index (χ0) is 17.7. The summed E-state index contributed by atoms with van der Waals surface area (Å²) in [6, 6.07) is 8.47. The van der Waals surface area contributed by atoms with E-state index in [0.717, 1.165) is 61.2 Å². The van der Waals surface area contributed by atoms with Gasteiger partial charge in [0.2, 0.25) is 0 Å². The minimum Gasteiger partial charge on any atom is -0.316 e. The van der Waals surface area contributed by atoms with Gasteiger partial charge in [-0.05, 0) is 74.8 Å². The van der Waals surface area contributed by atoms with E-state index in [9.17, 15) is 4.79 Å². The second kappa shape index (κ2) is 6.33. The number of hydrogen-bond acceptors (Lipinski definition) is 2. The fourth-order valence-corrected chi connectivity index (χ4v) is 7.27. The maximum atomic E-state index is 13.4. The van der Waals surface area contributed by atoms with Crippen LogP contribution in [0.4, 0.5) is 0 Å². The molecule has 1 amide bonds. The quantitative estimate of drug-likeness (QED) is 0.735. The van der Waals surface area contributed by atoms with Crippen molar-refractivity contribution in [3.8, 4) is 0 Å². The predicted molar refractivity (Wildman–Crippen MR) is 106 cm³/mol. The van der Waals surface area contributed by atoms with E-state index in [1.54, 1.807) is 11.3 Å². The molecular weight excluding hydrogens is 340 g/mol. The number of para-hydroxylation sites is 1. The Bertz CT molecular complexity index is 871. The molecule has 138 valence electrons. The number of carbonyl (C=O) groups excluding carboxylic acids is 1. The molecule has 2 aromatic rings. The van der Waals surface area contributed by atoms with Crippen molar-refractivity contribution in [2.24, 2.45) is 28.2 Å². The maximum Gasteiger partial charge on any atom is 0.254 e. The van der Waals surface area contributed by atoms with Crippen LogP contribution in [0.2, 0.25) is 0 Å².